The fourth-order valence-electron chi connectivity index (χ4n) is 2.39. The molecule has 1 aromatic rings. The Morgan fingerprint density at radius 1 is 1.35 bits per heavy atom. The lowest BCUT2D eigenvalue weighted by Crippen LogP contribution is -2.50. The molecule has 1 amide bonds. The van der Waals surface area contributed by atoms with Crippen LogP contribution in [0.5, 0.6) is 0 Å². The summed E-state index contributed by atoms with van der Waals surface area (Å²) in [4.78, 5) is 25.9. The maximum atomic E-state index is 11.6. The molecule has 0 aromatic carbocycles. The van der Waals surface area contributed by atoms with Crippen LogP contribution in [0.2, 0.25) is 0 Å². The third kappa shape index (κ3) is 3.19. The monoisotopic (exact) mass is 276 g/mol. The van der Waals surface area contributed by atoms with Crippen LogP contribution in [0.1, 0.15) is 33.0 Å². The lowest BCUT2D eigenvalue weighted by molar-refractivity contribution is -0.127. The van der Waals surface area contributed by atoms with E-state index >= 15 is 0 Å². The van der Waals surface area contributed by atoms with Crippen molar-refractivity contribution >= 4 is 11.7 Å². The zero-order valence-corrected chi connectivity index (χ0v) is 12.0. The van der Waals surface area contributed by atoms with Gasteiger partial charge >= 0.3 is 0 Å². The highest BCUT2D eigenvalue weighted by atomic mass is 16.3. The van der Waals surface area contributed by atoms with Gasteiger partial charge in [0.15, 0.2) is 17.8 Å². The van der Waals surface area contributed by atoms with Gasteiger partial charge in [0, 0.05) is 18.4 Å². The van der Waals surface area contributed by atoms with Crippen molar-refractivity contribution in [3.8, 4) is 0 Å². The van der Waals surface area contributed by atoms with E-state index in [0.717, 1.165) is 6.42 Å². The van der Waals surface area contributed by atoms with Crippen molar-refractivity contribution in [2.45, 2.75) is 39.3 Å². The summed E-state index contributed by atoms with van der Waals surface area (Å²) in [5, 5.41) is 9.76. The first-order valence-corrected chi connectivity index (χ1v) is 6.83. The molecule has 2 rings (SSSR count). The van der Waals surface area contributed by atoms with Crippen LogP contribution in [0.15, 0.2) is 23.5 Å². The van der Waals surface area contributed by atoms with Crippen LogP contribution in [0.3, 0.4) is 0 Å². The molecule has 6 heteroatoms. The second-order valence-electron chi connectivity index (χ2n) is 5.49. The molecular weight excluding hydrogens is 256 g/mol. The van der Waals surface area contributed by atoms with Gasteiger partial charge in [-0.25, -0.2) is 9.97 Å². The standard InChI is InChI=1S/C14H20N4O2/c1-9(2)7-10(3)18-8-11(19)14(20)17-13(18)12-15-5-4-6-16-12/h4-6,9-11,19H,7-8H2,1-3H3. The lowest BCUT2D eigenvalue weighted by atomic mass is 10.0. The number of rotatable bonds is 4. The predicted molar refractivity (Wildman–Crippen MR) is 75.2 cm³/mol. The molecule has 6 nitrogen and oxygen atoms in total. The van der Waals surface area contributed by atoms with Crippen molar-refractivity contribution in [3.05, 3.63) is 24.3 Å². The molecule has 0 radical (unpaired) electrons. The Morgan fingerprint density at radius 2 is 2.00 bits per heavy atom. The second-order valence-corrected chi connectivity index (χ2v) is 5.49. The minimum Gasteiger partial charge on any atom is -0.381 e. The Labute approximate surface area is 118 Å². The van der Waals surface area contributed by atoms with Gasteiger partial charge in [0.2, 0.25) is 0 Å². The Balaban J connectivity index is 2.32. The van der Waals surface area contributed by atoms with Crippen LogP contribution in [0.25, 0.3) is 0 Å². The van der Waals surface area contributed by atoms with Gasteiger partial charge in [-0.15, -0.1) is 0 Å². The lowest BCUT2D eigenvalue weighted by Gasteiger charge is -2.35. The first-order chi connectivity index (χ1) is 9.49. The number of aromatic nitrogens is 2. The Kier molecular flexibility index (Phi) is 4.44. The van der Waals surface area contributed by atoms with Gasteiger partial charge in [-0.05, 0) is 25.3 Å². The van der Waals surface area contributed by atoms with E-state index in [2.05, 4.69) is 35.7 Å². The van der Waals surface area contributed by atoms with E-state index < -0.39 is 12.0 Å². The maximum Gasteiger partial charge on any atom is 0.278 e. The third-order valence-corrected chi connectivity index (χ3v) is 3.25. The zero-order valence-electron chi connectivity index (χ0n) is 12.0. The predicted octanol–water partition coefficient (Wildman–Crippen LogP) is 0.861. The van der Waals surface area contributed by atoms with E-state index in [1.807, 2.05) is 4.90 Å². The van der Waals surface area contributed by atoms with Crippen molar-refractivity contribution < 1.29 is 9.90 Å². The Bertz CT molecular complexity index is 501. The molecule has 108 valence electrons. The first-order valence-electron chi connectivity index (χ1n) is 6.83. The molecule has 2 heterocycles. The molecule has 0 saturated carbocycles. The molecule has 1 N–H and O–H groups in total. The average molecular weight is 276 g/mol. The molecule has 0 spiro atoms. The summed E-state index contributed by atoms with van der Waals surface area (Å²) in [7, 11) is 0. The molecule has 0 aliphatic carbocycles. The van der Waals surface area contributed by atoms with Crippen LogP contribution in [0, 0.1) is 5.92 Å². The number of nitrogens with zero attached hydrogens (tertiary/aromatic N) is 4. The van der Waals surface area contributed by atoms with Crippen LogP contribution >= 0.6 is 0 Å². The zero-order chi connectivity index (χ0) is 14.7. The largest absolute Gasteiger partial charge is 0.381 e. The highest BCUT2D eigenvalue weighted by Gasteiger charge is 2.32. The quantitative estimate of drug-likeness (QED) is 0.882. The number of amidine groups is 1. The number of amides is 1. The van der Waals surface area contributed by atoms with Gasteiger partial charge in [-0.1, -0.05) is 13.8 Å². The van der Waals surface area contributed by atoms with Crippen molar-refractivity contribution in [1.82, 2.24) is 14.9 Å². The molecule has 1 aliphatic heterocycles. The summed E-state index contributed by atoms with van der Waals surface area (Å²) in [6, 6.07) is 1.87. The van der Waals surface area contributed by atoms with Crippen molar-refractivity contribution in [2.24, 2.45) is 10.9 Å². The van der Waals surface area contributed by atoms with E-state index in [0.29, 0.717) is 17.6 Å². The number of aliphatic hydroxyl groups is 1. The van der Waals surface area contributed by atoms with Crippen LogP contribution in [0.4, 0.5) is 0 Å². The molecule has 1 aromatic heterocycles. The number of aliphatic hydroxyl groups excluding tert-OH is 1. The number of β-amino-alcohol motifs (C(OH)–C–C–N with tert-alkyl or cyclic N) is 1. The van der Waals surface area contributed by atoms with Gasteiger partial charge < -0.3 is 10.0 Å². The third-order valence-electron chi connectivity index (χ3n) is 3.25. The fourth-order valence-corrected chi connectivity index (χ4v) is 2.39. The van der Waals surface area contributed by atoms with Gasteiger partial charge in [-0.2, -0.15) is 4.99 Å². The molecule has 2 atom stereocenters. The number of carbonyl (C=O) groups is 1. The summed E-state index contributed by atoms with van der Waals surface area (Å²) in [5.41, 5.74) is 0. The van der Waals surface area contributed by atoms with E-state index in [1.54, 1.807) is 18.5 Å². The fraction of sp³-hybridized carbons (Fsp3) is 0.571. The summed E-state index contributed by atoms with van der Waals surface area (Å²) in [5.74, 6) is 0.857. The summed E-state index contributed by atoms with van der Waals surface area (Å²) >= 11 is 0. The Hall–Kier alpha value is -1.82. The summed E-state index contributed by atoms with van der Waals surface area (Å²) < 4.78 is 0. The topological polar surface area (TPSA) is 78.7 Å². The normalized spacial score (nSPS) is 21.1. The van der Waals surface area contributed by atoms with Gasteiger partial charge in [0.05, 0.1) is 6.54 Å². The van der Waals surface area contributed by atoms with Crippen molar-refractivity contribution in [2.75, 3.05) is 6.54 Å². The average Bonchev–Trinajstić information content (AvgIpc) is 2.41. The van der Waals surface area contributed by atoms with E-state index in [9.17, 15) is 9.90 Å². The second kappa shape index (κ2) is 6.09. The van der Waals surface area contributed by atoms with E-state index in [1.165, 1.54) is 0 Å². The van der Waals surface area contributed by atoms with E-state index in [4.69, 9.17) is 0 Å². The smallest absolute Gasteiger partial charge is 0.278 e. The van der Waals surface area contributed by atoms with Gasteiger partial charge in [0.25, 0.3) is 5.91 Å². The highest BCUT2D eigenvalue weighted by Crippen LogP contribution is 2.18. The molecule has 2 unspecified atom stereocenters. The van der Waals surface area contributed by atoms with Crippen molar-refractivity contribution in [3.63, 3.8) is 0 Å². The summed E-state index contributed by atoms with van der Waals surface area (Å²) in [6.45, 7) is 6.57. The van der Waals surface area contributed by atoms with Crippen LogP contribution in [-0.2, 0) is 4.79 Å². The van der Waals surface area contributed by atoms with Gasteiger partial charge in [0.1, 0.15) is 0 Å². The molecule has 0 bridgehead atoms. The van der Waals surface area contributed by atoms with E-state index in [-0.39, 0.29) is 12.6 Å². The number of hydrogen-bond acceptors (Lipinski definition) is 5. The van der Waals surface area contributed by atoms with Crippen LogP contribution in [-0.4, -0.2) is 50.4 Å². The number of hydrogen-bond donors (Lipinski definition) is 1. The highest BCUT2D eigenvalue weighted by molar-refractivity contribution is 6.05. The van der Waals surface area contributed by atoms with Crippen LogP contribution < -0.4 is 0 Å². The molecular formula is C14H20N4O2. The maximum absolute atomic E-state index is 11.6. The Morgan fingerprint density at radius 3 is 2.60 bits per heavy atom. The minimum atomic E-state index is -1.07. The molecule has 0 saturated heterocycles. The number of aliphatic imine (C=N–C) groups is 1. The molecule has 1 aliphatic rings. The summed E-state index contributed by atoms with van der Waals surface area (Å²) in [6.07, 6.45) is 3.10. The first kappa shape index (κ1) is 14.6. The molecule has 0 fully saturated rings. The number of carbonyl (C=O) groups excluding carboxylic acids is 1. The molecule has 20 heavy (non-hydrogen) atoms. The van der Waals surface area contributed by atoms with Crippen molar-refractivity contribution in [1.29, 1.82) is 0 Å². The SMILES string of the molecule is CC(C)CC(C)N1CC(O)C(=O)N=C1c1ncccn1. The minimum absolute atomic E-state index is 0.153. The van der Waals surface area contributed by atoms with Gasteiger partial charge in [-0.3, -0.25) is 4.79 Å².